The molecular weight excluding hydrogens is 266 g/mol. The van der Waals surface area contributed by atoms with Crippen molar-refractivity contribution in [3.8, 4) is 11.5 Å². The summed E-state index contributed by atoms with van der Waals surface area (Å²) in [6, 6.07) is 5.22. The molecule has 21 heavy (non-hydrogen) atoms. The average Bonchev–Trinajstić information content (AvgIpc) is 2.53. The smallest absolute Gasteiger partial charge is 0.255 e. The molecule has 0 aromatic heterocycles. The molecule has 0 heterocycles. The maximum absolute atomic E-state index is 12.1. The zero-order valence-electron chi connectivity index (χ0n) is 13.4. The van der Waals surface area contributed by atoms with Gasteiger partial charge in [0.05, 0.1) is 19.8 Å². The van der Waals surface area contributed by atoms with E-state index in [0.717, 1.165) is 6.42 Å². The third kappa shape index (κ3) is 6.06. The van der Waals surface area contributed by atoms with Crippen molar-refractivity contribution in [2.45, 2.75) is 45.4 Å². The Balaban J connectivity index is 2.38. The van der Waals surface area contributed by atoms with Crippen molar-refractivity contribution in [2.24, 2.45) is 0 Å². The maximum atomic E-state index is 12.1. The summed E-state index contributed by atoms with van der Waals surface area (Å²) in [5, 5.41) is 2.94. The monoisotopic (exact) mass is 293 g/mol. The fourth-order valence-corrected chi connectivity index (χ4v) is 2.19. The van der Waals surface area contributed by atoms with E-state index in [0.29, 0.717) is 23.6 Å². The number of carbonyl (C=O) groups is 1. The highest BCUT2D eigenvalue weighted by Crippen LogP contribution is 2.24. The molecule has 0 aliphatic carbocycles. The second-order valence-electron chi connectivity index (χ2n) is 5.09. The Bertz CT molecular complexity index is 432. The van der Waals surface area contributed by atoms with Crippen molar-refractivity contribution < 1.29 is 14.3 Å². The van der Waals surface area contributed by atoms with Crippen molar-refractivity contribution in [1.29, 1.82) is 0 Å². The van der Waals surface area contributed by atoms with Crippen molar-refractivity contribution in [3.05, 3.63) is 23.8 Å². The summed E-state index contributed by atoms with van der Waals surface area (Å²) in [5.74, 6) is 1.12. The van der Waals surface area contributed by atoms with Crippen LogP contribution in [0, 0.1) is 0 Å². The van der Waals surface area contributed by atoms with E-state index >= 15 is 0 Å². The van der Waals surface area contributed by atoms with Crippen molar-refractivity contribution >= 4 is 5.91 Å². The normalized spacial score (nSPS) is 10.2. The number of rotatable bonds is 10. The second kappa shape index (κ2) is 10.1. The predicted molar refractivity (Wildman–Crippen MR) is 85.3 cm³/mol. The van der Waals surface area contributed by atoms with Gasteiger partial charge in [0.15, 0.2) is 0 Å². The second-order valence-corrected chi connectivity index (χ2v) is 5.09. The SMILES string of the molecule is CCCCCCCCNC(=O)c1ccc(OC)cc1OC. The summed E-state index contributed by atoms with van der Waals surface area (Å²) < 4.78 is 10.4. The van der Waals surface area contributed by atoms with Crippen LogP contribution in [0.5, 0.6) is 11.5 Å². The van der Waals surface area contributed by atoms with E-state index in [-0.39, 0.29) is 5.91 Å². The van der Waals surface area contributed by atoms with Gasteiger partial charge >= 0.3 is 0 Å². The Labute approximate surface area is 127 Å². The molecule has 0 bridgehead atoms. The molecule has 0 radical (unpaired) electrons. The molecule has 1 aromatic carbocycles. The van der Waals surface area contributed by atoms with E-state index < -0.39 is 0 Å². The van der Waals surface area contributed by atoms with Gasteiger partial charge in [-0.25, -0.2) is 0 Å². The van der Waals surface area contributed by atoms with E-state index in [1.54, 1.807) is 32.4 Å². The van der Waals surface area contributed by atoms with E-state index in [1.165, 1.54) is 32.1 Å². The van der Waals surface area contributed by atoms with Gasteiger partial charge in [-0.1, -0.05) is 39.0 Å². The zero-order chi connectivity index (χ0) is 15.5. The fourth-order valence-electron chi connectivity index (χ4n) is 2.19. The van der Waals surface area contributed by atoms with Crippen LogP contribution in [-0.2, 0) is 0 Å². The van der Waals surface area contributed by atoms with Crippen LogP contribution < -0.4 is 14.8 Å². The number of nitrogens with one attached hydrogen (secondary N) is 1. The van der Waals surface area contributed by atoms with Crippen molar-refractivity contribution in [2.75, 3.05) is 20.8 Å². The third-order valence-corrected chi connectivity index (χ3v) is 3.47. The highest BCUT2D eigenvalue weighted by molar-refractivity contribution is 5.97. The van der Waals surface area contributed by atoms with Crippen LogP contribution in [0.25, 0.3) is 0 Å². The summed E-state index contributed by atoms with van der Waals surface area (Å²) in [4.78, 5) is 12.1. The number of hydrogen-bond donors (Lipinski definition) is 1. The average molecular weight is 293 g/mol. The number of ether oxygens (including phenoxy) is 2. The molecule has 0 unspecified atom stereocenters. The van der Waals surface area contributed by atoms with Gasteiger partial charge in [0.2, 0.25) is 0 Å². The zero-order valence-corrected chi connectivity index (χ0v) is 13.4. The van der Waals surface area contributed by atoms with Gasteiger partial charge in [0.1, 0.15) is 11.5 Å². The number of amides is 1. The van der Waals surface area contributed by atoms with E-state index in [2.05, 4.69) is 12.2 Å². The molecule has 0 spiro atoms. The van der Waals surface area contributed by atoms with Gasteiger partial charge in [0, 0.05) is 12.6 Å². The highest BCUT2D eigenvalue weighted by Gasteiger charge is 2.12. The van der Waals surface area contributed by atoms with Crippen LogP contribution >= 0.6 is 0 Å². The molecule has 1 aromatic rings. The molecule has 4 heteroatoms. The van der Waals surface area contributed by atoms with Crippen LogP contribution in [0.2, 0.25) is 0 Å². The molecule has 1 rings (SSSR count). The summed E-state index contributed by atoms with van der Waals surface area (Å²) in [6.07, 6.45) is 7.28. The lowest BCUT2D eigenvalue weighted by Crippen LogP contribution is -2.24. The van der Waals surface area contributed by atoms with Crippen LogP contribution in [-0.4, -0.2) is 26.7 Å². The fraction of sp³-hybridized carbons (Fsp3) is 0.588. The summed E-state index contributed by atoms with van der Waals surface area (Å²) in [6.45, 7) is 2.92. The highest BCUT2D eigenvalue weighted by atomic mass is 16.5. The topological polar surface area (TPSA) is 47.6 Å². The molecule has 0 aliphatic heterocycles. The molecule has 0 fully saturated rings. The lowest BCUT2D eigenvalue weighted by molar-refractivity contribution is 0.0950. The van der Waals surface area contributed by atoms with Crippen LogP contribution in [0.4, 0.5) is 0 Å². The largest absolute Gasteiger partial charge is 0.497 e. The molecule has 1 amide bonds. The lowest BCUT2D eigenvalue weighted by Gasteiger charge is -2.10. The Kier molecular flexibility index (Phi) is 8.32. The number of hydrogen-bond acceptors (Lipinski definition) is 3. The molecule has 0 aliphatic rings. The van der Waals surface area contributed by atoms with Gasteiger partial charge < -0.3 is 14.8 Å². The van der Waals surface area contributed by atoms with Crippen LogP contribution in [0.15, 0.2) is 18.2 Å². The first kappa shape index (κ1) is 17.3. The minimum atomic E-state index is -0.0944. The minimum absolute atomic E-state index is 0.0944. The first-order valence-corrected chi connectivity index (χ1v) is 7.73. The van der Waals surface area contributed by atoms with E-state index in [4.69, 9.17) is 9.47 Å². The molecular formula is C17H27NO3. The Hall–Kier alpha value is -1.71. The van der Waals surface area contributed by atoms with Crippen LogP contribution in [0.3, 0.4) is 0 Å². The molecule has 118 valence electrons. The number of benzene rings is 1. The molecule has 4 nitrogen and oxygen atoms in total. The summed E-state index contributed by atoms with van der Waals surface area (Å²) in [5.41, 5.74) is 0.546. The van der Waals surface area contributed by atoms with Crippen LogP contribution in [0.1, 0.15) is 55.8 Å². The molecule has 0 saturated carbocycles. The first-order valence-electron chi connectivity index (χ1n) is 7.73. The quantitative estimate of drug-likeness (QED) is 0.668. The van der Waals surface area contributed by atoms with Gasteiger partial charge in [-0.05, 0) is 18.6 Å². The van der Waals surface area contributed by atoms with Gasteiger partial charge in [0.25, 0.3) is 5.91 Å². The van der Waals surface area contributed by atoms with Crippen molar-refractivity contribution in [3.63, 3.8) is 0 Å². The van der Waals surface area contributed by atoms with Gasteiger partial charge in [-0.2, -0.15) is 0 Å². The minimum Gasteiger partial charge on any atom is -0.497 e. The number of carbonyl (C=O) groups excluding carboxylic acids is 1. The lowest BCUT2D eigenvalue weighted by atomic mass is 10.1. The van der Waals surface area contributed by atoms with Gasteiger partial charge in [-0.15, -0.1) is 0 Å². The third-order valence-electron chi connectivity index (χ3n) is 3.47. The maximum Gasteiger partial charge on any atom is 0.255 e. The van der Waals surface area contributed by atoms with E-state index in [1.807, 2.05) is 0 Å². The molecule has 0 atom stereocenters. The Morgan fingerprint density at radius 1 is 1.05 bits per heavy atom. The number of methoxy groups -OCH3 is 2. The summed E-state index contributed by atoms with van der Waals surface area (Å²) >= 11 is 0. The summed E-state index contributed by atoms with van der Waals surface area (Å²) in [7, 11) is 3.15. The Morgan fingerprint density at radius 3 is 2.43 bits per heavy atom. The predicted octanol–water partition coefficient (Wildman–Crippen LogP) is 3.79. The van der Waals surface area contributed by atoms with Crippen molar-refractivity contribution in [1.82, 2.24) is 5.32 Å². The van der Waals surface area contributed by atoms with Gasteiger partial charge in [-0.3, -0.25) is 4.79 Å². The molecule has 0 saturated heterocycles. The number of unbranched alkanes of at least 4 members (excludes halogenated alkanes) is 5. The Morgan fingerprint density at radius 2 is 1.76 bits per heavy atom. The standard InChI is InChI=1S/C17H27NO3/c1-4-5-6-7-8-9-12-18-17(19)15-11-10-14(20-2)13-16(15)21-3/h10-11,13H,4-9,12H2,1-3H3,(H,18,19). The first-order chi connectivity index (χ1) is 10.2. The van der Waals surface area contributed by atoms with E-state index in [9.17, 15) is 4.79 Å². The molecule has 1 N–H and O–H groups in total.